The van der Waals surface area contributed by atoms with Crippen molar-refractivity contribution in [3.63, 3.8) is 0 Å². The van der Waals surface area contributed by atoms with Crippen molar-refractivity contribution in [1.29, 1.82) is 0 Å². The number of carbonyl (C=O) groups excluding carboxylic acids is 1. The number of aryl methyl sites for hydroxylation is 1. The highest BCUT2D eigenvalue weighted by molar-refractivity contribution is 5.90. The molecule has 1 aromatic carbocycles. The predicted octanol–water partition coefficient (Wildman–Crippen LogP) is 3.58. The number of urea groups is 1. The lowest BCUT2D eigenvalue weighted by Gasteiger charge is -2.16. The van der Waals surface area contributed by atoms with Gasteiger partial charge in [-0.2, -0.15) is 0 Å². The number of amides is 2. The number of nitrogens with one attached hydrogen (secondary N) is 2. The van der Waals surface area contributed by atoms with Gasteiger partial charge in [0.25, 0.3) is 0 Å². The molecular formula is C16H19N3O. The molecule has 1 aromatic heterocycles. The predicted molar refractivity (Wildman–Crippen MR) is 80.7 cm³/mol. The van der Waals surface area contributed by atoms with Crippen molar-refractivity contribution in [2.24, 2.45) is 0 Å². The summed E-state index contributed by atoms with van der Waals surface area (Å²) in [5.74, 6) is 0. The van der Waals surface area contributed by atoms with E-state index in [1.54, 1.807) is 12.4 Å². The molecule has 0 saturated carbocycles. The first kappa shape index (κ1) is 14.1. The van der Waals surface area contributed by atoms with E-state index in [4.69, 9.17) is 0 Å². The number of hydrogen-bond acceptors (Lipinski definition) is 2. The summed E-state index contributed by atoms with van der Waals surface area (Å²) in [6.07, 6.45) is 3.47. The van der Waals surface area contributed by atoms with Crippen LogP contribution in [0.4, 0.5) is 10.5 Å². The smallest absolute Gasteiger partial charge is 0.319 e. The van der Waals surface area contributed by atoms with Crippen molar-refractivity contribution in [1.82, 2.24) is 10.3 Å². The van der Waals surface area contributed by atoms with Gasteiger partial charge in [0.05, 0.1) is 6.04 Å². The molecule has 0 aliphatic carbocycles. The maximum absolute atomic E-state index is 12.0. The molecule has 0 unspecified atom stereocenters. The zero-order valence-corrected chi connectivity index (χ0v) is 12.0. The van der Waals surface area contributed by atoms with Gasteiger partial charge < -0.3 is 10.6 Å². The second-order valence-electron chi connectivity index (χ2n) is 4.85. The molecule has 0 fully saturated rings. The fourth-order valence-electron chi connectivity index (χ4n) is 1.96. The van der Waals surface area contributed by atoms with E-state index in [-0.39, 0.29) is 12.1 Å². The summed E-state index contributed by atoms with van der Waals surface area (Å²) in [5.41, 5.74) is 4.05. The topological polar surface area (TPSA) is 54.0 Å². The monoisotopic (exact) mass is 269 g/mol. The van der Waals surface area contributed by atoms with Crippen LogP contribution in [-0.2, 0) is 0 Å². The van der Waals surface area contributed by atoms with Crippen molar-refractivity contribution in [2.45, 2.75) is 26.8 Å². The molecule has 20 heavy (non-hydrogen) atoms. The Balaban J connectivity index is 2.01. The zero-order chi connectivity index (χ0) is 14.5. The van der Waals surface area contributed by atoms with E-state index in [1.165, 1.54) is 0 Å². The molecule has 1 atom stereocenters. The Bertz CT molecular complexity index is 596. The van der Waals surface area contributed by atoms with Crippen LogP contribution in [0.1, 0.15) is 29.7 Å². The molecule has 0 aliphatic heterocycles. The Kier molecular flexibility index (Phi) is 4.35. The Morgan fingerprint density at radius 3 is 2.70 bits per heavy atom. The molecule has 1 heterocycles. The third-order valence-corrected chi connectivity index (χ3v) is 3.38. The fraction of sp³-hybridized carbons (Fsp3) is 0.250. The summed E-state index contributed by atoms with van der Waals surface area (Å²) < 4.78 is 0. The molecule has 104 valence electrons. The van der Waals surface area contributed by atoms with Gasteiger partial charge in [-0.25, -0.2) is 4.79 Å². The van der Waals surface area contributed by atoms with Crippen LogP contribution in [-0.4, -0.2) is 11.0 Å². The van der Waals surface area contributed by atoms with Crippen LogP contribution in [0, 0.1) is 13.8 Å². The maximum Gasteiger partial charge on any atom is 0.319 e. The van der Waals surface area contributed by atoms with Crippen molar-refractivity contribution in [3.8, 4) is 0 Å². The fourth-order valence-corrected chi connectivity index (χ4v) is 1.96. The van der Waals surface area contributed by atoms with E-state index in [9.17, 15) is 4.79 Å². The lowest BCUT2D eigenvalue weighted by atomic mass is 10.1. The van der Waals surface area contributed by atoms with Crippen LogP contribution in [0.15, 0.2) is 42.7 Å². The molecule has 0 aliphatic rings. The summed E-state index contributed by atoms with van der Waals surface area (Å²) in [6, 6.07) is 9.35. The average molecular weight is 269 g/mol. The largest absolute Gasteiger partial charge is 0.331 e. The molecule has 0 spiro atoms. The number of pyridine rings is 1. The van der Waals surface area contributed by atoms with E-state index < -0.39 is 0 Å². The van der Waals surface area contributed by atoms with E-state index in [1.807, 2.05) is 51.1 Å². The van der Waals surface area contributed by atoms with Gasteiger partial charge in [-0.05, 0) is 49.6 Å². The third kappa shape index (κ3) is 3.35. The van der Waals surface area contributed by atoms with Crippen molar-refractivity contribution in [3.05, 3.63) is 59.4 Å². The number of nitrogens with zero attached hydrogens (tertiary/aromatic N) is 1. The number of anilines is 1. The highest BCUT2D eigenvalue weighted by Crippen LogP contribution is 2.18. The number of carbonyl (C=O) groups is 1. The Hall–Kier alpha value is -2.36. The standard InChI is InChI=1S/C16H19N3O/c1-11-6-4-8-15(12(11)2)19-16(20)18-13(3)14-7-5-9-17-10-14/h4-10,13H,1-3H3,(H2,18,19,20)/t13-/m1/s1. The van der Waals surface area contributed by atoms with Crippen molar-refractivity contribution < 1.29 is 4.79 Å². The molecule has 4 nitrogen and oxygen atoms in total. The van der Waals surface area contributed by atoms with Crippen LogP contribution in [0.2, 0.25) is 0 Å². The van der Waals surface area contributed by atoms with E-state index >= 15 is 0 Å². The number of rotatable bonds is 3. The molecule has 4 heteroatoms. The Morgan fingerprint density at radius 2 is 2.00 bits per heavy atom. The van der Waals surface area contributed by atoms with Crippen molar-refractivity contribution >= 4 is 11.7 Å². The minimum absolute atomic E-state index is 0.0891. The maximum atomic E-state index is 12.0. The molecule has 2 aromatic rings. The minimum atomic E-state index is -0.213. The Morgan fingerprint density at radius 1 is 1.20 bits per heavy atom. The summed E-state index contributed by atoms with van der Waals surface area (Å²) in [7, 11) is 0. The van der Waals surface area contributed by atoms with Crippen molar-refractivity contribution in [2.75, 3.05) is 5.32 Å². The van der Waals surface area contributed by atoms with Crippen LogP contribution in [0.25, 0.3) is 0 Å². The Labute approximate surface area is 119 Å². The number of aromatic nitrogens is 1. The molecule has 0 saturated heterocycles. The molecule has 2 amide bonds. The lowest BCUT2D eigenvalue weighted by molar-refractivity contribution is 0.249. The molecule has 0 bridgehead atoms. The van der Waals surface area contributed by atoms with Gasteiger partial charge in [-0.3, -0.25) is 4.98 Å². The normalized spacial score (nSPS) is 11.8. The summed E-state index contributed by atoms with van der Waals surface area (Å²) in [6.45, 7) is 5.95. The first-order valence-electron chi connectivity index (χ1n) is 6.61. The molecule has 0 radical (unpaired) electrons. The third-order valence-electron chi connectivity index (χ3n) is 3.38. The highest BCUT2D eigenvalue weighted by Gasteiger charge is 2.10. The summed E-state index contributed by atoms with van der Waals surface area (Å²) >= 11 is 0. The minimum Gasteiger partial charge on any atom is -0.331 e. The SMILES string of the molecule is Cc1cccc(NC(=O)N[C@H](C)c2cccnc2)c1C. The van der Waals surface area contributed by atoms with Gasteiger partial charge in [0.2, 0.25) is 0 Å². The van der Waals surface area contributed by atoms with Crippen LogP contribution < -0.4 is 10.6 Å². The van der Waals surface area contributed by atoms with Gasteiger partial charge in [0.15, 0.2) is 0 Å². The average Bonchev–Trinajstić information content (AvgIpc) is 2.45. The van der Waals surface area contributed by atoms with E-state index in [2.05, 4.69) is 15.6 Å². The van der Waals surface area contributed by atoms with Gasteiger partial charge in [0, 0.05) is 18.1 Å². The quantitative estimate of drug-likeness (QED) is 0.894. The summed E-state index contributed by atoms with van der Waals surface area (Å²) in [4.78, 5) is 16.1. The molecule has 2 N–H and O–H groups in total. The highest BCUT2D eigenvalue weighted by atomic mass is 16.2. The van der Waals surface area contributed by atoms with Gasteiger partial charge >= 0.3 is 6.03 Å². The van der Waals surface area contributed by atoms with Gasteiger partial charge in [0.1, 0.15) is 0 Å². The summed E-state index contributed by atoms with van der Waals surface area (Å²) in [5, 5.41) is 5.78. The van der Waals surface area contributed by atoms with Crippen LogP contribution >= 0.6 is 0 Å². The number of hydrogen-bond donors (Lipinski definition) is 2. The van der Waals surface area contributed by atoms with E-state index in [0.717, 1.165) is 22.4 Å². The second-order valence-corrected chi connectivity index (χ2v) is 4.85. The van der Waals surface area contributed by atoms with E-state index in [0.29, 0.717) is 0 Å². The first-order valence-corrected chi connectivity index (χ1v) is 6.61. The zero-order valence-electron chi connectivity index (χ0n) is 12.0. The van der Waals surface area contributed by atoms with Gasteiger partial charge in [-0.15, -0.1) is 0 Å². The lowest BCUT2D eigenvalue weighted by Crippen LogP contribution is -2.31. The number of benzene rings is 1. The van der Waals surface area contributed by atoms with Gasteiger partial charge in [-0.1, -0.05) is 18.2 Å². The second kappa shape index (κ2) is 6.19. The van der Waals surface area contributed by atoms with Crippen LogP contribution in [0.3, 0.4) is 0 Å². The first-order chi connectivity index (χ1) is 9.58. The molecular weight excluding hydrogens is 250 g/mol. The van der Waals surface area contributed by atoms with Crippen LogP contribution in [0.5, 0.6) is 0 Å². The molecule has 2 rings (SSSR count).